The number of aliphatic hydroxyl groups excluding tert-OH is 1. The second kappa shape index (κ2) is 6.16. The molecular weight excluding hydrogens is 235 g/mol. The number of aliphatic hydroxyl groups is 1. The fraction of sp³-hybridized carbons (Fsp3) is 0.571. The molecule has 18 heavy (non-hydrogen) atoms. The number of hydrogen-bond acceptors (Lipinski definition) is 3. The molecule has 4 heteroatoms. The summed E-state index contributed by atoms with van der Waals surface area (Å²) in [5.41, 5.74) is 0.561. The third-order valence-electron chi connectivity index (χ3n) is 3.25. The maximum atomic E-state index is 13.7. The number of ether oxygens (including phenoxy) is 2. The van der Waals surface area contributed by atoms with E-state index >= 15 is 0 Å². The van der Waals surface area contributed by atoms with Gasteiger partial charge in [0.25, 0.3) is 0 Å². The lowest BCUT2D eigenvalue weighted by Crippen LogP contribution is -2.21. The summed E-state index contributed by atoms with van der Waals surface area (Å²) in [5.74, 6) is 0.279. The van der Waals surface area contributed by atoms with Crippen molar-refractivity contribution in [3.8, 4) is 5.75 Å². The van der Waals surface area contributed by atoms with Gasteiger partial charge in [0, 0.05) is 13.2 Å². The van der Waals surface area contributed by atoms with Crippen molar-refractivity contribution in [1.29, 1.82) is 0 Å². The molecule has 3 nitrogen and oxygen atoms in total. The third kappa shape index (κ3) is 3.43. The number of benzene rings is 1. The van der Waals surface area contributed by atoms with Crippen molar-refractivity contribution < 1.29 is 19.0 Å². The van der Waals surface area contributed by atoms with E-state index in [1.165, 1.54) is 6.07 Å². The largest absolute Gasteiger partial charge is 0.490 e. The van der Waals surface area contributed by atoms with Crippen molar-refractivity contribution >= 4 is 0 Å². The summed E-state index contributed by atoms with van der Waals surface area (Å²) in [7, 11) is 0. The van der Waals surface area contributed by atoms with Crippen molar-refractivity contribution in [1.82, 2.24) is 0 Å². The van der Waals surface area contributed by atoms with Crippen molar-refractivity contribution in [2.75, 3.05) is 19.8 Å². The van der Waals surface area contributed by atoms with Gasteiger partial charge in [-0.3, -0.25) is 0 Å². The average Bonchev–Trinajstić information content (AvgIpc) is 2.38. The zero-order valence-corrected chi connectivity index (χ0v) is 10.6. The van der Waals surface area contributed by atoms with Crippen LogP contribution in [0.4, 0.5) is 4.39 Å². The Labute approximate surface area is 107 Å². The number of halogens is 1. The van der Waals surface area contributed by atoms with Gasteiger partial charge in [-0.05, 0) is 43.4 Å². The molecule has 0 aliphatic carbocycles. The van der Waals surface area contributed by atoms with Gasteiger partial charge in [0.15, 0.2) is 11.6 Å². The quantitative estimate of drug-likeness (QED) is 0.897. The first-order valence-corrected chi connectivity index (χ1v) is 6.35. The molecule has 1 heterocycles. The molecule has 1 saturated heterocycles. The van der Waals surface area contributed by atoms with E-state index in [0.717, 1.165) is 26.1 Å². The fourth-order valence-corrected chi connectivity index (χ4v) is 2.01. The lowest BCUT2D eigenvalue weighted by molar-refractivity contribution is 0.0491. The van der Waals surface area contributed by atoms with Crippen LogP contribution in [0.5, 0.6) is 5.75 Å². The van der Waals surface area contributed by atoms with Gasteiger partial charge in [-0.2, -0.15) is 0 Å². The van der Waals surface area contributed by atoms with E-state index in [1.807, 2.05) is 0 Å². The molecule has 1 atom stereocenters. The SMILES string of the molecule is CC(O)c1ccc(OCC2CCOCC2)c(F)c1. The molecule has 0 aromatic heterocycles. The highest BCUT2D eigenvalue weighted by Gasteiger charge is 2.15. The van der Waals surface area contributed by atoms with Gasteiger partial charge in [-0.15, -0.1) is 0 Å². The van der Waals surface area contributed by atoms with Crippen molar-refractivity contribution in [2.45, 2.75) is 25.9 Å². The van der Waals surface area contributed by atoms with Crippen molar-refractivity contribution in [3.63, 3.8) is 0 Å². The van der Waals surface area contributed by atoms with E-state index in [2.05, 4.69) is 0 Å². The molecule has 1 aliphatic heterocycles. The van der Waals surface area contributed by atoms with Crippen LogP contribution in [0.15, 0.2) is 18.2 Å². The highest BCUT2D eigenvalue weighted by Crippen LogP contribution is 2.23. The lowest BCUT2D eigenvalue weighted by Gasteiger charge is -2.22. The Bertz CT molecular complexity index is 387. The Kier molecular flexibility index (Phi) is 4.55. The molecule has 1 unspecified atom stereocenters. The van der Waals surface area contributed by atoms with Gasteiger partial charge >= 0.3 is 0 Å². The summed E-state index contributed by atoms with van der Waals surface area (Å²) in [4.78, 5) is 0. The van der Waals surface area contributed by atoms with Crippen LogP contribution in [0, 0.1) is 11.7 Å². The van der Waals surface area contributed by atoms with Crippen molar-refractivity contribution in [2.24, 2.45) is 5.92 Å². The second-order valence-corrected chi connectivity index (χ2v) is 4.73. The first kappa shape index (κ1) is 13.3. The molecule has 0 saturated carbocycles. The minimum atomic E-state index is -0.663. The molecule has 1 aliphatic rings. The van der Waals surface area contributed by atoms with Crippen LogP contribution in [-0.2, 0) is 4.74 Å². The zero-order chi connectivity index (χ0) is 13.0. The standard InChI is InChI=1S/C14H19FO3/c1-10(16)12-2-3-14(13(15)8-12)18-9-11-4-6-17-7-5-11/h2-3,8,10-11,16H,4-7,9H2,1H3. The number of hydrogen-bond donors (Lipinski definition) is 1. The van der Waals surface area contributed by atoms with Crippen LogP contribution in [0.3, 0.4) is 0 Å². The second-order valence-electron chi connectivity index (χ2n) is 4.73. The molecule has 0 amide bonds. The monoisotopic (exact) mass is 254 g/mol. The van der Waals surface area contributed by atoms with Crippen LogP contribution in [-0.4, -0.2) is 24.9 Å². The highest BCUT2D eigenvalue weighted by molar-refractivity contribution is 5.30. The molecule has 1 N–H and O–H groups in total. The van der Waals surface area contributed by atoms with Crippen LogP contribution < -0.4 is 4.74 Å². The first-order chi connectivity index (χ1) is 8.66. The maximum Gasteiger partial charge on any atom is 0.165 e. The minimum absolute atomic E-state index is 0.255. The Morgan fingerprint density at radius 1 is 1.44 bits per heavy atom. The first-order valence-electron chi connectivity index (χ1n) is 6.35. The fourth-order valence-electron chi connectivity index (χ4n) is 2.01. The van der Waals surface area contributed by atoms with E-state index in [-0.39, 0.29) is 5.75 Å². The Morgan fingerprint density at radius 2 is 2.17 bits per heavy atom. The van der Waals surface area contributed by atoms with Crippen molar-refractivity contribution in [3.05, 3.63) is 29.6 Å². The lowest BCUT2D eigenvalue weighted by atomic mass is 10.0. The van der Waals surface area contributed by atoms with Crippen LogP contribution >= 0.6 is 0 Å². The Morgan fingerprint density at radius 3 is 2.78 bits per heavy atom. The van der Waals surface area contributed by atoms with Gasteiger partial charge in [0.1, 0.15) is 0 Å². The molecule has 100 valence electrons. The van der Waals surface area contributed by atoms with Crippen LogP contribution in [0.2, 0.25) is 0 Å². The maximum absolute atomic E-state index is 13.7. The molecular formula is C14H19FO3. The molecule has 2 rings (SSSR count). The van der Waals surface area contributed by atoms with E-state index in [1.54, 1.807) is 19.1 Å². The van der Waals surface area contributed by atoms with Gasteiger partial charge < -0.3 is 14.6 Å². The van der Waals surface area contributed by atoms with E-state index in [4.69, 9.17) is 9.47 Å². The van der Waals surface area contributed by atoms with E-state index < -0.39 is 11.9 Å². The molecule has 1 fully saturated rings. The molecule has 1 aromatic rings. The molecule has 1 aromatic carbocycles. The summed E-state index contributed by atoms with van der Waals surface area (Å²) in [5, 5.41) is 9.35. The van der Waals surface area contributed by atoms with Crippen LogP contribution in [0.25, 0.3) is 0 Å². The summed E-state index contributed by atoms with van der Waals surface area (Å²) >= 11 is 0. The van der Waals surface area contributed by atoms with E-state index in [9.17, 15) is 9.50 Å². The minimum Gasteiger partial charge on any atom is -0.490 e. The zero-order valence-electron chi connectivity index (χ0n) is 10.6. The summed E-state index contributed by atoms with van der Waals surface area (Å²) in [6.07, 6.45) is 1.27. The smallest absolute Gasteiger partial charge is 0.165 e. The average molecular weight is 254 g/mol. The Hall–Kier alpha value is -1.13. The predicted molar refractivity (Wildman–Crippen MR) is 66.1 cm³/mol. The summed E-state index contributed by atoms with van der Waals surface area (Å²) in [6, 6.07) is 4.59. The molecule has 0 spiro atoms. The van der Waals surface area contributed by atoms with Gasteiger partial charge in [0.2, 0.25) is 0 Å². The molecule has 0 bridgehead atoms. The van der Waals surface area contributed by atoms with Gasteiger partial charge in [-0.25, -0.2) is 4.39 Å². The molecule has 0 radical (unpaired) electrons. The highest BCUT2D eigenvalue weighted by atomic mass is 19.1. The third-order valence-corrected chi connectivity index (χ3v) is 3.25. The number of rotatable bonds is 4. The topological polar surface area (TPSA) is 38.7 Å². The predicted octanol–water partition coefficient (Wildman–Crippen LogP) is 2.68. The Balaban J connectivity index is 1.92. The normalized spacial score (nSPS) is 18.6. The van der Waals surface area contributed by atoms with E-state index in [0.29, 0.717) is 18.1 Å². The summed E-state index contributed by atoms with van der Waals surface area (Å²) in [6.45, 7) is 3.65. The van der Waals surface area contributed by atoms with Crippen LogP contribution in [0.1, 0.15) is 31.4 Å². The summed E-state index contributed by atoms with van der Waals surface area (Å²) < 4.78 is 24.5. The van der Waals surface area contributed by atoms with Gasteiger partial charge in [-0.1, -0.05) is 6.07 Å². The van der Waals surface area contributed by atoms with Gasteiger partial charge in [0.05, 0.1) is 12.7 Å².